The van der Waals surface area contributed by atoms with Gasteiger partial charge in [0.2, 0.25) is 5.76 Å². The fourth-order valence-corrected chi connectivity index (χ4v) is 5.46. The van der Waals surface area contributed by atoms with Gasteiger partial charge in [-0.1, -0.05) is 29.5 Å². The number of thiazole rings is 1. The minimum Gasteiger partial charge on any atom is -0.467 e. The first-order chi connectivity index (χ1) is 15.0. The number of carbonyl (C=O) groups is 1. The molecule has 1 unspecified atom stereocenters. The van der Waals surface area contributed by atoms with Crippen LogP contribution in [0, 0.1) is 13.8 Å². The van der Waals surface area contributed by atoms with Gasteiger partial charge in [-0.2, -0.15) is 0 Å². The fourth-order valence-electron chi connectivity index (χ4n) is 4.29. The minimum atomic E-state index is -0.736. The van der Waals surface area contributed by atoms with E-state index in [-0.39, 0.29) is 16.8 Å². The van der Waals surface area contributed by atoms with E-state index >= 15 is 0 Å². The second kappa shape index (κ2) is 6.39. The highest BCUT2D eigenvalue weighted by Crippen LogP contribution is 2.44. The zero-order chi connectivity index (χ0) is 21.3. The van der Waals surface area contributed by atoms with Crippen molar-refractivity contribution in [3.63, 3.8) is 0 Å². The molecule has 7 heteroatoms. The number of anilines is 1. The van der Waals surface area contributed by atoms with Crippen LogP contribution in [-0.4, -0.2) is 10.9 Å². The van der Waals surface area contributed by atoms with Gasteiger partial charge in [-0.25, -0.2) is 4.98 Å². The molecule has 0 N–H and O–H groups in total. The molecule has 0 spiro atoms. The van der Waals surface area contributed by atoms with Gasteiger partial charge in [0.25, 0.3) is 5.91 Å². The standard InChI is InChI=1S/C24H16N2O4S/c1-12-10-13(2)19-17(11-12)31-24(25-19)26-20(16-8-5-9-29-16)18-21(27)14-6-3-4-7-15(14)30-22(18)23(26)28/h3-11,20H,1-2H3. The van der Waals surface area contributed by atoms with Crippen molar-refractivity contribution in [3.05, 3.63) is 93.2 Å². The second-order valence-corrected chi connectivity index (χ2v) is 8.70. The summed E-state index contributed by atoms with van der Waals surface area (Å²) >= 11 is 1.42. The van der Waals surface area contributed by atoms with Crippen LogP contribution < -0.4 is 10.3 Å². The SMILES string of the molecule is Cc1cc(C)c2nc(N3C(=O)c4oc5ccccc5c(=O)c4C3c3ccco3)sc2c1. The van der Waals surface area contributed by atoms with E-state index in [1.54, 1.807) is 36.4 Å². The molecule has 31 heavy (non-hydrogen) atoms. The lowest BCUT2D eigenvalue weighted by molar-refractivity contribution is 0.0969. The third kappa shape index (κ3) is 2.53. The van der Waals surface area contributed by atoms with Crippen molar-refractivity contribution in [1.29, 1.82) is 0 Å². The zero-order valence-corrected chi connectivity index (χ0v) is 17.5. The highest BCUT2D eigenvalue weighted by Gasteiger charge is 2.46. The summed E-state index contributed by atoms with van der Waals surface area (Å²) in [4.78, 5) is 33.3. The van der Waals surface area contributed by atoms with E-state index in [1.807, 2.05) is 13.8 Å². The van der Waals surface area contributed by atoms with Crippen molar-refractivity contribution >= 4 is 43.6 Å². The number of fused-ring (bicyclic) bond motifs is 3. The molecule has 152 valence electrons. The Bertz CT molecular complexity index is 1560. The Hall–Kier alpha value is -3.71. The second-order valence-electron chi connectivity index (χ2n) is 7.69. The van der Waals surface area contributed by atoms with Gasteiger partial charge in [0.05, 0.1) is 27.4 Å². The quantitative estimate of drug-likeness (QED) is 0.378. The van der Waals surface area contributed by atoms with Crippen molar-refractivity contribution in [2.75, 3.05) is 4.90 Å². The molecule has 0 fully saturated rings. The summed E-state index contributed by atoms with van der Waals surface area (Å²) in [6, 6.07) is 13.8. The van der Waals surface area contributed by atoms with E-state index in [9.17, 15) is 9.59 Å². The first-order valence-corrected chi connectivity index (χ1v) is 10.6. The Morgan fingerprint density at radius 3 is 2.71 bits per heavy atom. The van der Waals surface area contributed by atoms with E-state index in [2.05, 4.69) is 12.1 Å². The summed E-state index contributed by atoms with van der Waals surface area (Å²) in [5.41, 5.74) is 3.44. The third-order valence-electron chi connectivity index (χ3n) is 5.61. The van der Waals surface area contributed by atoms with Crippen LogP contribution in [0.25, 0.3) is 21.2 Å². The number of rotatable bonds is 2. The van der Waals surface area contributed by atoms with E-state index in [0.29, 0.717) is 21.9 Å². The molecular weight excluding hydrogens is 412 g/mol. The molecule has 4 heterocycles. The maximum atomic E-state index is 13.5. The van der Waals surface area contributed by atoms with Crippen LogP contribution in [0.3, 0.4) is 0 Å². The average molecular weight is 428 g/mol. The molecule has 3 aromatic heterocycles. The lowest BCUT2D eigenvalue weighted by Crippen LogP contribution is -2.29. The molecule has 0 bridgehead atoms. The molecule has 5 aromatic rings. The van der Waals surface area contributed by atoms with Gasteiger partial charge in [0, 0.05) is 0 Å². The topological polar surface area (TPSA) is 76.6 Å². The summed E-state index contributed by atoms with van der Waals surface area (Å²) in [6.07, 6.45) is 1.53. The van der Waals surface area contributed by atoms with Crippen molar-refractivity contribution in [2.45, 2.75) is 19.9 Å². The molecule has 0 radical (unpaired) electrons. The van der Waals surface area contributed by atoms with Crippen molar-refractivity contribution in [2.24, 2.45) is 0 Å². The van der Waals surface area contributed by atoms with Gasteiger partial charge in [0.1, 0.15) is 17.4 Å². The number of carbonyl (C=O) groups excluding carboxylic acids is 1. The highest BCUT2D eigenvalue weighted by molar-refractivity contribution is 7.22. The minimum absolute atomic E-state index is 0.0391. The average Bonchev–Trinajstić information content (AvgIpc) is 3.47. The molecule has 6 nitrogen and oxygen atoms in total. The smallest absolute Gasteiger partial charge is 0.297 e. The molecule has 1 atom stereocenters. The van der Waals surface area contributed by atoms with Gasteiger partial charge >= 0.3 is 0 Å². The van der Waals surface area contributed by atoms with E-state index in [4.69, 9.17) is 13.8 Å². The molecule has 1 aliphatic rings. The van der Waals surface area contributed by atoms with Gasteiger partial charge < -0.3 is 8.83 Å². The monoisotopic (exact) mass is 428 g/mol. The summed E-state index contributed by atoms with van der Waals surface area (Å²) in [7, 11) is 0. The van der Waals surface area contributed by atoms with Crippen LogP contribution in [0.15, 0.2) is 68.4 Å². The predicted molar refractivity (Wildman–Crippen MR) is 119 cm³/mol. The summed E-state index contributed by atoms with van der Waals surface area (Å²) in [6.45, 7) is 4.03. The first-order valence-electron chi connectivity index (χ1n) is 9.83. The molecule has 2 aromatic carbocycles. The maximum absolute atomic E-state index is 13.5. The molecule has 6 rings (SSSR count). The normalized spacial score (nSPS) is 15.9. The lowest BCUT2D eigenvalue weighted by atomic mass is 10.0. The van der Waals surface area contributed by atoms with Gasteiger partial charge in [-0.3, -0.25) is 14.5 Å². The molecular formula is C24H16N2O4S. The van der Waals surface area contributed by atoms with Gasteiger partial charge in [-0.15, -0.1) is 0 Å². The lowest BCUT2D eigenvalue weighted by Gasteiger charge is -2.19. The number of amides is 1. The maximum Gasteiger partial charge on any atom is 0.297 e. The van der Waals surface area contributed by atoms with Gasteiger partial charge in [-0.05, 0) is 55.3 Å². The van der Waals surface area contributed by atoms with Crippen LogP contribution in [-0.2, 0) is 0 Å². The number of benzene rings is 2. The van der Waals surface area contributed by atoms with Crippen molar-refractivity contribution < 1.29 is 13.6 Å². The van der Waals surface area contributed by atoms with Crippen molar-refractivity contribution in [3.8, 4) is 0 Å². The zero-order valence-electron chi connectivity index (χ0n) is 16.7. The number of furan rings is 1. The predicted octanol–water partition coefficient (Wildman–Crippen LogP) is 5.36. The number of nitrogens with zero attached hydrogens (tertiary/aromatic N) is 2. The van der Waals surface area contributed by atoms with Crippen LogP contribution in [0.5, 0.6) is 0 Å². The Morgan fingerprint density at radius 1 is 1.06 bits per heavy atom. The Labute approximate surface area is 180 Å². The summed E-state index contributed by atoms with van der Waals surface area (Å²) in [5.74, 6) is 0.131. The number of hydrogen-bond donors (Lipinski definition) is 0. The van der Waals surface area contributed by atoms with Crippen LogP contribution in [0.2, 0.25) is 0 Å². The number of aryl methyl sites for hydroxylation is 2. The van der Waals surface area contributed by atoms with E-state index < -0.39 is 11.9 Å². The first kappa shape index (κ1) is 18.1. The Kier molecular flexibility index (Phi) is 3.73. The highest BCUT2D eigenvalue weighted by atomic mass is 32.1. The summed E-state index contributed by atoms with van der Waals surface area (Å²) in [5, 5.41) is 0.938. The Morgan fingerprint density at radius 2 is 1.90 bits per heavy atom. The number of hydrogen-bond acceptors (Lipinski definition) is 6. The van der Waals surface area contributed by atoms with E-state index in [1.165, 1.54) is 22.5 Å². The van der Waals surface area contributed by atoms with E-state index in [0.717, 1.165) is 21.3 Å². The van der Waals surface area contributed by atoms with Crippen LogP contribution in [0.4, 0.5) is 5.13 Å². The molecule has 1 aliphatic heterocycles. The number of para-hydroxylation sites is 1. The largest absolute Gasteiger partial charge is 0.467 e. The van der Waals surface area contributed by atoms with Crippen LogP contribution in [0.1, 0.15) is 39.0 Å². The Balaban J connectivity index is 1.64. The molecule has 0 saturated heterocycles. The molecule has 0 aliphatic carbocycles. The molecule has 1 amide bonds. The van der Waals surface area contributed by atoms with Crippen molar-refractivity contribution in [1.82, 2.24) is 4.98 Å². The summed E-state index contributed by atoms with van der Waals surface area (Å²) < 4.78 is 12.6. The molecule has 0 saturated carbocycles. The fraction of sp³-hybridized carbons (Fsp3) is 0.125. The van der Waals surface area contributed by atoms with Crippen LogP contribution >= 0.6 is 11.3 Å². The van der Waals surface area contributed by atoms with Gasteiger partial charge in [0.15, 0.2) is 10.6 Å². The third-order valence-corrected chi connectivity index (χ3v) is 6.62. The number of aromatic nitrogens is 1.